The van der Waals surface area contributed by atoms with E-state index in [0.717, 1.165) is 0 Å². The van der Waals surface area contributed by atoms with Crippen molar-refractivity contribution in [2.45, 2.75) is 13.0 Å². The van der Waals surface area contributed by atoms with Crippen LogP contribution in [0.15, 0.2) is 24.3 Å². The molecule has 1 aromatic carbocycles. The quantitative estimate of drug-likeness (QED) is 0.490. The molecular formula is C9H12BNO4. The summed E-state index contributed by atoms with van der Waals surface area (Å²) in [4.78, 5) is 10.6. The topological polar surface area (TPSA) is 89.8 Å². The third-order valence-electron chi connectivity index (χ3n) is 1.94. The van der Waals surface area contributed by atoms with E-state index >= 15 is 0 Å². The molecule has 1 atom stereocenters. The second-order valence-electron chi connectivity index (χ2n) is 3.20. The van der Waals surface area contributed by atoms with E-state index < -0.39 is 19.1 Å². The van der Waals surface area contributed by atoms with Gasteiger partial charge in [-0.15, -0.1) is 0 Å². The molecule has 5 nitrogen and oxygen atoms in total. The first-order valence-electron chi connectivity index (χ1n) is 4.46. The Labute approximate surface area is 87.5 Å². The molecule has 0 aliphatic carbocycles. The maximum absolute atomic E-state index is 10.6. The lowest BCUT2D eigenvalue weighted by molar-refractivity contribution is -0.137. The largest absolute Gasteiger partial charge is 0.488 e. The van der Waals surface area contributed by atoms with Crippen molar-refractivity contribution >= 4 is 24.2 Å². The van der Waals surface area contributed by atoms with Crippen LogP contribution in [0.2, 0.25) is 0 Å². The minimum Gasteiger partial charge on any atom is -0.480 e. The summed E-state index contributed by atoms with van der Waals surface area (Å²) in [5.74, 6) is -0.968. The Morgan fingerprint density at radius 2 is 2.13 bits per heavy atom. The molecular weight excluding hydrogens is 197 g/mol. The van der Waals surface area contributed by atoms with E-state index in [9.17, 15) is 4.79 Å². The lowest BCUT2D eigenvalue weighted by Crippen LogP contribution is -2.31. The molecule has 0 unspecified atom stereocenters. The average molecular weight is 209 g/mol. The standard InChI is InChI=1S/C9H12BNO4/c1-6(9(12)13)11-8-4-2-3-7(5-8)10(14)15/h2-6,11,14-15H,1H3,(H,12,13)/t6-/m0/s1. The van der Waals surface area contributed by atoms with Gasteiger partial charge in [0.2, 0.25) is 0 Å². The summed E-state index contributed by atoms with van der Waals surface area (Å²) in [5, 5.41) is 29.2. The summed E-state index contributed by atoms with van der Waals surface area (Å²) in [6.07, 6.45) is 0. The Hall–Kier alpha value is -1.53. The van der Waals surface area contributed by atoms with Crippen molar-refractivity contribution in [2.24, 2.45) is 0 Å². The van der Waals surface area contributed by atoms with E-state index in [-0.39, 0.29) is 0 Å². The van der Waals surface area contributed by atoms with Gasteiger partial charge in [0.1, 0.15) is 6.04 Å². The molecule has 0 fully saturated rings. The van der Waals surface area contributed by atoms with Gasteiger partial charge in [0.25, 0.3) is 0 Å². The highest BCUT2D eigenvalue weighted by Gasteiger charge is 2.13. The molecule has 4 N–H and O–H groups in total. The van der Waals surface area contributed by atoms with Crippen molar-refractivity contribution in [1.29, 1.82) is 0 Å². The number of nitrogens with one attached hydrogen (secondary N) is 1. The van der Waals surface area contributed by atoms with E-state index in [1.54, 1.807) is 18.2 Å². The predicted octanol–water partition coefficient (Wildman–Crippen LogP) is -0.749. The highest BCUT2D eigenvalue weighted by Crippen LogP contribution is 2.06. The molecule has 0 aliphatic heterocycles. The van der Waals surface area contributed by atoms with Crippen LogP contribution in [0.25, 0.3) is 0 Å². The number of carboxylic acid groups (broad SMARTS) is 1. The highest BCUT2D eigenvalue weighted by atomic mass is 16.4. The minimum absolute atomic E-state index is 0.317. The zero-order valence-electron chi connectivity index (χ0n) is 8.21. The van der Waals surface area contributed by atoms with Crippen molar-refractivity contribution in [1.82, 2.24) is 0 Å². The summed E-state index contributed by atoms with van der Waals surface area (Å²) >= 11 is 0. The van der Waals surface area contributed by atoms with E-state index in [2.05, 4.69) is 5.32 Å². The van der Waals surface area contributed by atoms with Gasteiger partial charge in [0.05, 0.1) is 0 Å². The molecule has 0 saturated carbocycles. The second-order valence-corrected chi connectivity index (χ2v) is 3.20. The van der Waals surface area contributed by atoms with Crippen molar-refractivity contribution < 1.29 is 19.9 Å². The van der Waals surface area contributed by atoms with Gasteiger partial charge < -0.3 is 20.5 Å². The number of hydrogen-bond donors (Lipinski definition) is 4. The van der Waals surface area contributed by atoms with Crippen LogP contribution in [0, 0.1) is 0 Å². The van der Waals surface area contributed by atoms with Gasteiger partial charge in [0.15, 0.2) is 0 Å². The lowest BCUT2D eigenvalue weighted by atomic mass is 9.80. The predicted molar refractivity (Wildman–Crippen MR) is 57.0 cm³/mol. The zero-order valence-corrected chi connectivity index (χ0v) is 8.21. The number of carbonyl (C=O) groups is 1. The van der Waals surface area contributed by atoms with Crippen molar-refractivity contribution in [3.8, 4) is 0 Å². The molecule has 0 aliphatic rings. The fourth-order valence-corrected chi connectivity index (χ4v) is 1.10. The fraction of sp³-hybridized carbons (Fsp3) is 0.222. The maximum Gasteiger partial charge on any atom is 0.488 e. The second kappa shape index (κ2) is 4.81. The molecule has 1 aromatic rings. The maximum atomic E-state index is 10.6. The SMILES string of the molecule is C[C@H](Nc1cccc(B(O)O)c1)C(=O)O. The zero-order chi connectivity index (χ0) is 11.4. The minimum atomic E-state index is -1.55. The van der Waals surface area contributed by atoms with Gasteiger partial charge in [0, 0.05) is 5.69 Å². The summed E-state index contributed by atoms with van der Waals surface area (Å²) < 4.78 is 0. The molecule has 15 heavy (non-hydrogen) atoms. The number of benzene rings is 1. The Kier molecular flexibility index (Phi) is 3.71. The molecule has 0 aromatic heterocycles. The third kappa shape index (κ3) is 3.27. The first-order valence-corrected chi connectivity index (χ1v) is 4.46. The Bertz CT molecular complexity index is 356. The number of anilines is 1. The summed E-state index contributed by atoms with van der Waals surface area (Å²) in [6.45, 7) is 1.50. The normalized spacial score (nSPS) is 11.9. The number of aliphatic carboxylic acids is 1. The number of hydrogen-bond acceptors (Lipinski definition) is 4. The molecule has 0 radical (unpaired) electrons. The Balaban J connectivity index is 2.78. The number of carboxylic acids is 1. The Morgan fingerprint density at radius 1 is 1.47 bits per heavy atom. The molecule has 1 rings (SSSR count). The van der Waals surface area contributed by atoms with E-state index in [4.69, 9.17) is 15.2 Å². The highest BCUT2D eigenvalue weighted by molar-refractivity contribution is 6.58. The smallest absolute Gasteiger partial charge is 0.480 e. The average Bonchev–Trinajstić information content (AvgIpc) is 2.18. The summed E-state index contributed by atoms with van der Waals surface area (Å²) in [7, 11) is -1.55. The van der Waals surface area contributed by atoms with Gasteiger partial charge in [-0.1, -0.05) is 12.1 Å². The van der Waals surface area contributed by atoms with E-state index in [0.29, 0.717) is 11.2 Å². The van der Waals surface area contributed by atoms with Crippen LogP contribution in [0.4, 0.5) is 5.69 Å². The molecule has 6 heteroatoms. The van der Waals surface area contributed by atoms with Gasteiger partial charge >= 0.3 is 13.1 Å². The summed E-state index contributed by atoms with van der Waals surface area (Å²) in [5.41, 5.74) is 0.855. The fourth-order valence-electron chi connectivity index (χ4n) is 1.10. The Morgan fingerprint density at radius 3 is 2.67 bits per heavy atom. The first kappa shape index (κ1) is 11.5. The number of rotatable bonds is 4. The third-order valence-corrected chi connectivity index (χ3v) is 1.94. The molecule has 0 spiro atoms. The van der Waals surface area contributed by atoms with Gasteiger partial charge in [-0.25, -0.2) is 0 Å². The summed E-state index contributed by atoms with van der Waals surface area (Å²) in [6, 6.07) is 5.58. The van der Waals surface area contributed by atoms with Gasteiger partial charge in [-0.3, -0.25) is 4.79 Å². The molecule has 0 bridgehead atoms. The van der Waals surface area contributed by atoms with Crippen LogP contribution < -0.4 is 10.8 Å². The van der Waals surface area contributed by atoms with Crippen LogP contribution in [-0.2, 0) is 4.79 Å². The van der Waals surface area contributed by atoms with E-state index in [1.165, 1.54) is 13.0 Å². The van der Waals surface area contributed by atoms with Crippen LogP contribution in [-0.4, -0.2) is 34.3 Å². The van der Waals surface area contributed by atoms with Crippen molar-refractivity contribution in [2.75, 3.05) is 5.32 Å². The molecule has 80 valence electrons. The van der Waals surface area contributed by atoms with Crippen molar-refractivity contribution in [3.63, 3.8) is 0 Å². The first-order chi connectivity index (χ1) is 7.00. The monoisotopic (exact) mass is 209 g/mol. The van der Waals surface area contributed by atoms with Crippen LogP contribution in [0.3, 0.4) is 0 Å². The molecule has 0 saturated heterocycles. The molecule has 0 heterocycles. The molecule has 0 amide bonds. The lowest BCUT2D eigenvalue weighted by Gasteiger charge is -2.11. The van der Waals surface area contributed by atoms with Gasteiger partial charge in [-0.2, -0.15) is 0 Å². The van der Waals surface area contributed by atoms with Crippen molar-refractivity contribution in [3.05, 3.63) is 24.3 Å². The van der Waals surface area contributed by atoms with Crippen LogP contribution in [0.1, 0.15) is 6.92 Å². The van der Waals surface area contributed by atoms with E-state index in [1.807, 2.05) is 0 Å². The van der Waals surface area contributed by atoms with Gasteiger partial charge in [-0.05, 0) is 24.5 Å². The van der Waals surface area contributed by atoms with Crippen LogP contribution in [0.5, 0.6) is 0 Å². The van der Waals surface area contributed by atoms with Crippen LogP contribution >= 0.6 is 0 Å².